The molecule has 0 aliphatic rings. The Labute approximate surface area is 116 Å². The lowest BCUT2D eigenvalue weighted by molar-refractivity contribution is 0.237. The highest BCUT2D eigenvalue weighted by atomic mass is 16.2. The van der Waals surface area contributed by atoms with Crippen molar-refractivity contribution in [1.82, 2.24) is 10.6 Å². The first-order valence-corrected chi connectivity index (χ1v) is 6.91. The monoisotopic (exact) mass is 262 g/mol. The van der Waals surface area contributed by atoms with Crippen LogP contribution in [-0.2, 0) is 5.41 Å². The van der Waals surface area contributed by atoms with Gasteiger partial charge in [0.2, 0.25) is 0 Å². The highest BCUT2D eigenvalue weighted by molar-refractivity contribution is 5.73. The summed E-state index contributed by atoms with van der Waals surface area (Å²) in [5.41, 5.74) is 2.47. The third-order valence-corrected chi connectivity index (χ3v) is 3.24. The average molecular weight is 262 g/mol. The lowest BCUT2D eigenvalue weighted by Crippen LogP contribution is -2.43. The lowest BCUT2D eigenvalue weighted by Gasteiger charge is -2.27. The molecule has 0 unspecified atom stereocenters. The molecule has 0 atom stereocenters. The number of urea groups is 1. The van der Waals surface area contributed by atoms with Crippen molar-refractivity contribution in [2.24, 2.45) is 5.92 Å². The van der Waals surface area contributed by atoms with Gasteiger partial charge in [-0.2, -0.15) is 0 Å². The number of aryl methyl sites for hydroxylation is 1. The number of nitrogens with one attached hydrogen (secondary N) is 2. The first kappa shape index (κ1) is 15.5. The van der Waals surface area contributed by atoms with Crippen molar-refractivity contribution < 1.29 is 4.79 Å². The molecule has 1 aromatic carbocycles. The second-order valence-electron chi connectivity index (χ2n) is 6.16. The van der Waals surface area contributed by atoms with Gasteiger partial charge < -0.3 is 10.6 Å². The molecule has 0 saturated heterocycles. The molecule has 0 aliphatic heterocycles. The van der Waals surface area contributed by atoms with Gasteiger partial charge in [0.05, 0.1) is 0 Å². The Balaban J connectivity index is 2.56. The summed E-state index contributed by atoms with van der Waals surface area (Å²) in [6, 6.07) is 8.23. The number of carbonyl (C=O) groups is 1. The fraction of sp³-hybridized carbons (Fsp3) is 0.562. The van der Waals surface area contributed by atoms with Crippen molar-refractivity contribution in [2.45, 2.75) is 40.0 Å². The van der Waals surface area contributed by atoms with Crippen LogP contribution in [0.15, 0.2) is 24.3 Å². The summed E-state index contributed by atoms with van der Waals surface area (Å²) in [4.78, 5) is 11.7. The van der Waals surface area contributed by atoms with E-state index in [1.807, 2.05) is 12.1 Å². The predicted octanol–water partition coefficient (Wildman–Crippen LogP) is 3.23. The van der Waals surface area contributed by atoms with Crippen molar-refractivity contribution >= 4 is 6.03 Å². The second-order valence-corrected chi connectivity index (χ2v) is 6.16. The summed E-state index contributed by atoms with van der Waals surface area (Å²) in [6.45, 7) is 11.9. The SMILES string of the molecule is Cc1ccccc1C(C)(C)CNC(=O)NCC(C)C. The molecule has 0 heterocycles. The Bertz CT molecular complexity index is 425. The molecule has 0 bridgehead atoms. The molecule has 3 nitrogen and oxygen atoms in total. The number of amides is 2. The maximum absolute atomic E-state index is 11.7. The molecular weight excluding hydrogens is 236 g/mol. The van der Waals surface area contributed by atoms with Crippen LogP contribution >= 0.6 is 0 Å². The van der Waals surface area contributed by atoms with Crippen molar-refractivity contribution in [3.63, 3.8) is 0 Å². The molecule has 0 aromatic heterocycles. The van der Waals surface area contributed by atoms with Crippen LogP contribution in [0.4, 0.5) is 4.79 Å². The van der Waals surface area contributed by atoms with E-state index < -0.39 is 0 Å². The van der Waals surface area contributed by atoms with Crippen LogP contribution in [0.2, 0.25) is 0 Å². The van der Waals surface area contributed by atoms with Gasteiger partial charge in [0.15, 0.2) is 0 Å². The molecule has 106 valence electrons. The molecule has 0 spiro atoms. The van der Waals surface area contributed by atoms with E-state index in [0.29, 0.717) is 19.0 Å². The second kappa shape index (κ2) is 6.60. The van der Waals surface area contributed by atoms with E-state index in [-0.39, 0.29) is 11.4 Å². The minimum atomic E-state index is -0.0876. The van der Waals surface area contributed by atoms with Gasteiger partial charge in [0.1, 0.15) is 0 Å². The number of carbonyl (C=O) groups excluding carboxylic acids is 1. The van der Waals surface area contributed by atoms with E-state index in [2.05, 4.69) is 57.4 Å². The highest BCUT2D eigenvalue weighted by Gasteiger charge is 2.22. The quantitative estimate of drug-likeness (QED) is 0.840. The molecule has 0 fully saturated rings. The lowest BCUT2D eigenvalue weighted by atomic mass is 9.82. The molecule has 2 amide bonds. The van der Waals surface area contributed by atoms with E-state index in [1.165, 1.54) is 11.1 Å². The third kappa shape index (κ3) is 4.93. The minimum absolute atomic E-state index is 0.0689. The van der Waals surface area contributed by atoms with Crippen molar-refractivity contribution in [3.05, 3.63) is 35.4 Å². The minimum Gasteiger partial charge on any atom is -0.338 e. The van der Waals surface area contributed by atoms with Gasteiger partial charge in [0, 0.05) is 18.5 Å². The Morgan fingerprint density at radius 2 is 1.84 bits per heavy atom. The van der Waals surface area contributed by atoms with Crippen LogP contribution < -0.4 is 10.6 Å². The Kier molecular flexibility index (Phi) is 5.40. The molecule has 1 aromatic rings. The third-order valence-electron chi connectivity index (χ3n) is 3.24. The number of rotatable bonds is 5. The summed E-state index contributed by atoms with van der Waals surface area (Å²) < 4.78 is 0. The molecule has 19 heavy (non-hydrogen) atoms. The van der Waals surface area contributed by atoms with Gasteiger partial charge in [-0.25, -0.2) is 4.79 Å². The van der Waals surface area contributed by atoms with Gasteiger partial charge >= 0.3 is 6.03 Å². The van der Waals surface area contributed by atoms with E-state index in [9.17, 15) is 4.79 Å². The summed E-state index contributed by atoms with van der Waals surface area (Å²) >= 11 is 0. The van der Waals surface area contributed by atoms with Gasteiger partial charge in [-0.1, -0.05) is 52.0 Å². The van der Waals surface area contributed by atoms with Crippen LogP contribution in [0, 0.1) is 12.8 Å². The van der Waals surface area contributed by atoms with Gasteiger partial charge in [-0.15, -0.1) is 0 Å². The van der Waals surface area contributed by atoms with Crippen LogP contribution in [0.1, 0.15) is 38.8 Å². The Morgan fingerprint density at radius 1 is 1.21 bits per heavy atom. The molecule has 0 radical (unpaired) electrons. The van der Waals surface area contributed by atoms with Crippen LogP contribution in [-0.4, -0.2) is 19.1 Å². The summed E-state index contributed by atoms with van der Waals surface area (Å²) in [5, 5.41) is 5.82. The molecule has 3 heteroatoms. The smallest absolute Gasteiger partial charge is 0.314 e. The first-order chi connectivity index (χ1) is 8.83. The molecule has 1 rings (SSSR count). The standard InChI is InChI=1S/C16H26N2O/c1-12(2)10-17-15(19)18-11-16(4,5)14-9-7-6-8-13(14)3/h6-9,12H,10-11H2,1-5H3,(H2,17,18,19). The summed E-state index contributed by atoms with van der Waals surface area (Å²) in [7, 11) is 0. The van der Waals surface area contributed by atoms with Crippen LogP contribution in [0.5, 0.6) is 0 Å². The Hall–Kier alpha value is -1.51. The molecule has 0 aliphatic carbocycles. The van der Waals surface area contributed by atoms with E-state index in [0.717, 1.165) is 0 Å². The van der Waals surface area contributed by atoms with Crippen LogP contribution in [0.3, 0.4) is 0 Å². The fourth-order valence-electron chi connectivity index (χ4n) is 2.09. The normalized spacial score (nSPS) is 11.5. The zero-order valence-corrected chi connectivity index (χ0v) is 12.7. The predicted molar refractivity (Wildman–Crippen MR) is 80.4 cm³/mol. The van der Waals surface area contributed by atoms with Crippen molar-refractivity contribution in [1.29, 1.82) is 0 Å². The maximum Gasteiger partial charge on any atom is 0.314 e. The molecule has 0 saturated carbocycles. The van der Waals surface area contributed by atoms with Crippen molar-refractivity contribution in [3.8, 4) is 0 Å². The zero-order valence-electron chi connectivity index (χ0n) is 12.7. The van der Waals surface area contributed by atoms with Gasteiger partial charge in [-0.3, -0.25) is 0 Å². The maximum atomic E-state index is 11.7. The fourth-order valence-corrected chi connectivity index (χ4v) is 2.09. The average Bonchev–Trinajstić information content (AvgIpc) is 2.34. The van der Waals surface area contributed by atoms with Gasteiger partial charge in [0.25, 0.3) is 0 Å². The number of hydrogen-bond donors (Lipinski definition) is 2. The van der Waals surface area contributed by atoms with Crippen LogP contribution in [0.25, 0.3) is 0 Å². The topological polar surface area (TPSA) is 41.1 Å². The van der Waals surface area contributed by atoms with E-state index >= 15 is 0 Å². The summed E-state index contributed by atoms with van der Waals surface area (Å²) in [5.74, 6) is 0.468. The first-order valence-electron chi connectivity index (χ1n) is 6.91. The zero-order chi connectivity index (χ0) is 14.5. The molecule has 2 N–H and O–H groups in total. The van der Waals surface area contributed by atoms with Crippen molar-refractivity contribution in [2.75, 3.05) is 13.1 Å². The van der Waals surface area contributed by atoms with Gasteiger partial charge in [-0.05, 0) is 24.0 Å². The largest absolute Gasteiger partial charge is 0.338 e. The highest BCUT2D eigenvalue weighted by Crippen LogP contribution is 2.25. The summed E-state index contributed by atoms with van der Waals surface area (Å²) in [6.07, 6.45) is 0. The number of hydrogen-bond acceptors (Lipinski definition) is 1. The van der Waals surface area contributed by atoms with E-state index in [1.54, 1.807) is 0 Å². The molecular formula is C16H26N2O. The van der Waals surface area contributed by atoms with E-state index in [4.69, 9.17) is 0 Å². The Morgan fingerprint density at radius 3 is 2.42 bits per heavy atom. The number of benzene rings is 1.